The highest BCUT2D eigenvalue weighted by Gasteiger charge is 2.26. The van der Waals surface area contributed by atoms with Crippen molar-refractivity contribution < 1.29 is 4.79 Å². The van der Waals surface area contributed by atoms with Crippen LogP contribution in [0.4, 0.5) is 11.6 Å². The van der Waals surface area contributed by atoms with Crippen molar-refractivity contribution in [2.75, 3.05) is 43.4 Å². The summed E-state index contributed by atoms with van der Waals surface area (Å²) in [5.41, 5.74) is 9.96. The summed E-state index contributed by atoms with van der Waals surface area (Å²) in [6, 6.07) is 5.16. The number of hydrogen-bond donors (Lipinski definition) is 2. The molecule has 2 aromatic heterocycles. The second-order valence-electron chi connectivity index (χ2n) is 9.04. The first-order valence-electron chi connectivity index (χ1n) is 12.3. The number of nitriles is 1. The molecule has 1 aliphatic rings. The van der Waals surface area contributed by atoms with Crippen LogP contribution < -0.4 is 16.0 Å². The maximum Gasteiger partial charge on any atom is 0.244 e. The van der Waals surface area contributed by atoms with Crippen LogP contribution in [0.3, 0.4) is 0 Å². The number of aromatic nitrogens is 2. The van der Waals surface area contributed by atoms with E-state index in [1.54, 1.807) is 12.3 Å². The highest BCUT2D eigenvalue weighted by atomic mass is 16.1. The number of hydrogen-bond acceptors (Lipinski definition) is 7. The highest BCUT2D eigenvalue weighted by molar-refractivity contribution is 5.85. The smallest absolute Gasteiger partial charge is 0.244 e. The minimum absolute atomic E-state index is 0.422. The number of likely N-dealkylation sites (N-methyl/N-ethyl adjacent to an activating group) is 1. The largest absolute Gasteiger partial charge is 0.368 e. The molecule has 1 unspecified atom stereocenters. The molecule has 8 nitrogen and oxygen atoms in total. The monoisotopic (exact) mass is 463 g/mol. The van der Waals surface area contributed by atoms with E-state index in [1.807, 2.05) is 13.0 Å². The van der Waals surface area contributed by atoms with Gasteiger partial charge >= 0.3 is 0 Å². The van der Waals surface area contributed by atoms with Crippen LogP contribution in [0, 0.1) is 18.3 Å². The van der Waals surface area contributed by atoms with E-state index in [0.29, 0.717) is 16.9 Å². The Labute approximate surface area is 203 Å². The van der Waals surface area contributed by atoms with E-state index in [-0.39, 0.29) is 0 Å². The molecule has 0 aromatic carbocycles. The number of carbonyl (C=O) groups is 1. The number of rotatable bonds is 9. The predicted octanol–water partition coefficient (Wildman–Crippen LogP) is 3.34. The van der Waals surface area contributed by atoms with Crippen molar-refractivity contribution in [2.45, 2.75) is 58.9 Å². The van der Waals surface area contributed by atoms with E-state index < -0.39 is 11.9 Å². The fourth-order valence-electron chi connectivity index (χ4n) is 4.61. The zero-order valence-corrected chi connectivity index (χ0v) is 20.9. The number of primary amides is 1. The molecule has 8 heteroatoms. The van der Waals surface area contributed by atoms with Crippen molar-refractivity contribution in [2.24, 2.45) is 5.73 Å². The molecular formula is C26H37N7O. The standard InChI is InChI=1S/C26H37N7O/c1-5-7-9-21-20(6-2)22(17-27)25(31-26(21)33-13-8-12-32(4)14-15-33)30-23(24(28)34)19-10-11-29-18(3)16-19/h10-11,16,23H,5-9,12-15H2,1-4H3,(H2,28,34)(H,30,31). The van der Waals surface area contributed by atoms with Gasteiger partial charge in [0.15, 0.2) is 0 Å². The molecule has 1 fully saturated rings. The van der Waals surface area contributed by atoms with Crippen LogP contribution in [0.25, 0.3) is 0 Å². The third kappa shape index (κ3) is 5.84. The molecule has 3 heterocycles. The summed E-state index contributed by atoms with van der Waals surface area (Å²) in [5.74, 6) is 0.823. The molecule has 0 spiro atoms. The van der Waals surface area contributed by atoms with E-state index in [1.165, 1.54) is 0 Å². The number of pyridine rings is 2. The van der Waals surface area contributed by atoms with Gasteiger partial charge in [0, 0.05) is 31.5 Å². The van der Waals surface area contributed by atoms with Gasteiger partial charge in [0.25, 0.3) is 0 Å². The molecule has 1 aliphatic heterocycles. The average Bonchev–Trinajstić information content (AvgIpc) is 3.04. The van der Waals surface area contributed by atoms with E-state index >= 15 is 0 Å². The van der Waals surface area contributed by atoms with Gasteiger partial charge in [-0.1, -0.05) is 20.3 Å². The van der Waals surface area contributed by atoms with Gasteiger partial charge in [-0.15, -0.1) is 0 Å². The number of anilines is 2. The SMILES string of the molecule is CCCCc1c(N2CCCN(C)CC2)nc(NC(C(N)=O)c2ccnc(C)c2)c(C#N)c1CC. The van der Waals surface area contributed by atoms with Crippen LogP contribution in [0.5, 0.6) is 0 Å². The Bertz CT molecular complexity index is 1050. The molecule has 2 aromatic rings. The summed E-state index contributed by atoms with van der Waals surface area (Å²) >= 11 is 0. The first-order valence-corrected chi connectivity index (χ1v) is 12.3. The van der Waals surface area contributed by atoms with Crippen LogP contribution in [-0.4, -0.2) is 54.0 Å². The molecule has 0 radical (unpaired) electrons. The van der Waals surface area contributed by atoms with Crippen molar-refractivity contribution in [1.82, 2.24) is 14.9 Å². The number of nitrogens with one attached hydrogen (secondary N) is 1. The number of nitrogens with zero attached hydrogens (tertiary/aromatic N) is 5. The Balaban J connectivity index is 2.13. The minimum atomic E-state index is -0.810. The van der Waals surface area contributed by atoms with E-state index in [4.69, 9.17) is 10.7 Å². The molecule has 34 heavy (non-hydrogen) atoms. The first-order chi connectivity index (χ1) is 16.4. The van der Waals surface area contributed by atoms with E-state index in [2.05, 4.69) is 47.1 Å². The predicted molar refractivity (Wildman–Crippen MR) is 136 cm³/mol. The molecule has 1 amide bonds. The van der Waals surface area contributed by atoms with Crippen LogP contribution >= 0.6 is 0 Å². The molecule has 1 saturated heterocycles. The lowest BCUT2D eigenvalue weighted by molar-refractivity contribution is -0.118. The molecular weight excluding hydrogens is 426 g/mol. The lowest BCUT2D eigenvalue weighted by atomic mass is 9.95. The Morgan fingerprint density at radius 1 is 1.26 bits per heavy atom. The van der Waals surface area contributed by atoms with E-state index in [9.17, 15) is 10.1 Å². The van der Waals surface area contributed by atoms with Crippen LogP contribution in [0.2, 0.25) is 0 Å². The van der Waals surface area contributed by atoms with Crippen molar-refractivity contribution >= 4 is 17.5 Å². The summed E-state index contributed by atoms with van der Waals surface area (Å²) in [4.78, 5) is 26.4. The van der Waals surface area contributed by atoms with Gasteiger partial charge in [-0.25, -0.2) is 4.98 Å². The van der Waals surface area contributed by atoms with Gasteiger partial charge in [0.1, 0.15) is 23.7 Å². The van der Waals surface area contributed by atoms with Gasteiger partial charge in [-0.3, -0.25) is 9.78 Å². The Hall–Kier alpha value is -3.18. The zero-order valence-electron chi connectivity index (χ0n) is 20.9. The van der Waals surface area contributed by atoms with Crippen molar-refractivity contribution in [1.29, 1.82) is 5.26 Å². The maximum absolute atomic E-state index is 12.5. The van der Waals surface area contributed by atoms with Gasteiger partial charge in [-0.2, -0.15) is 5.26 Å². The Morgan fingerprint density at radius 3 is 2.71 bits per heavy atom. The fraction of sp³-hybridized carbons (Fsp3) is 0.538. The summed E-state index contributed by atoms with van der Waals surface area (Å²) in [5, 5.41) is 13.4. The van der Waals surface area contributed by atoms with Crippen molar-refractivity contribution in [3.8, 4) is 6.07 Å². The molecule has 3 rings (SSSR count). The number of amides is 1. The second-order valence-corrected chi connectivity index (χ2v) is 9.04. The Kier molecular flexibility index (Phi) is 8.83. The molecule has 0 saturated carbocycles. The summed E-state index contributed by atoms with van der Waals surface area (Å²) < 4.78 is 0. The maximum atomic E-state index is 12.5. The Morgan fingerprint density at radius 2 is 2.06 bits per heavy atom. The van der Waals surface area contributed by atoms with E-state index in [0.717, 1.165) is 80.9 Å². The molecule has 1 atom stereocenters. The van der Waals surface area contributed by atoms with Gasteiger partial charge in [0.05, 0.1) is 5.56 Å². The fourth-order valence-corrected chi connectivity index (χ4v) is 4.61. The number of unbranched alkanes of at least 4 members (excludes halogenated alkanes) is 1. The van der Waals surface area contributed by atoms with Crippen LogP contribution in [-0.2, 0) is 17.6 Å². The third-order valence-electron chi connectivity index (χ3n) is 6.47. The minimum Gasteiger partial charge on any atom is -0.368 e. The number of nitrogens with two attached hydrogens (primary N) is 1. The van der Waals surface area contributed by atoms with Gasteiger partial charge in [-0.05, 0) is 75.0 Å². The first kappa shape index (κ1) is 25.4. The number of carbonyl (C=O) groups excluding carboxylic acids is 1. The highest BCUT2D eigenvalue weighted by Crippen LogP contribution is 2.33. The lowest BCUT2D eigenvalue weighted by Gasteiger charge is -2.28. The second kappa shape index (κ2) is 11.8. The topological polar surface area (TPSA) is 111 Å². The zero-order chi connectivity index (χ0) is 24.7. The number of aryl methyl sites for hydroxylation is 1. The van der Waals surface area contributed by atoms with Gasteiger partial charge < -0.3 is 20.9 Å². The van der Waals surface area contributed by atoms with Crippen LogP contribution in [0.1, 0.15) is 67.1 Å². The molecule has 0 aliphatic carbocycles. The molecule has 3 N–H and O–H groups in total. The van der Waals surface area contributed by atoms with Crippen molar-refractivity contribution in [3.05, 3.63) is 46.3 Å². The molecule has 0 bridgehead atoms. The van der Waals surface area contributed by atoms with Crippen molar-refractivity contribution in [3.63, 3.8) is 0 Å². The van der Waals surface area contributed by atoms with Gasteiger partial charge in [0.2, 0.25) is 5.91 Å². The average molecular weight is 464 g/mol. The normalized spacial score (nSPS) is 15.4. The summed E-state index contributed by atoms with van der Waals surface area (Å²) in [7, 11) is 2.15. The van der Waals surface area contributed by atoms with Crippen LogP contribution in [0.15, 0.2) is 18.3 Å². The lowest BCUT2D eigenvalue weighted by Crippen LogP contribution is -2.32. The third-order valence-corrected chi connectivity index (χ3v) is 6.47. The molecule has 182 valence electrons. The quantitative estimate of drug-likeness (QED) is 0.587. The summed E-state index contributed by atoms with van der Waals surface area (Å²) in [6.45, 7) is 9.91. The summed E-state index contributed by atoms with van der Waals surface area (Å²) in [6.07, 6.45) is 6.41.